The fourth-order valence-electron chi connectivity index (χ4n) is 3.28. The van der Waals surface area contributed by atoms with Crippen molar-refractivity contribution in [2.24, 2.45) is 5.73 Å². The summed E-state index contributed by atoms with van der Waals surface area (Å²) in [6.07, 6.45) is 12.9. The van der Waals surface area contributed by atoms with E-state index in [1.165, 1.54) is 45.6 Å². The topological polar surface area (TPSA) is 103 Å². The maximum absolute atomic E-state index is 12.0. The van der Waals surface area contributed by atoms with E-state index >= 15 is 0 Å². The number of pyridine rings is 1. The molecule has 1 rings (SSSR count). The Morgan fingerprint density at radius 2 is 1.73 bits per heavy atom. The van der Waals surface area contributed by atoms with Crippen LogP contribution in [0.4, 0.5) is 0 Å². The number of ether oxygens (including phenoxy) is 2. The van der Waals surface area contributed by atoms with Crippen molar-refractivity contribution in [2.45, 2.75) is 89.9 Å². The summed E-state index contributed by atoms with van der Waals surface area (Å²) in [6.45, 7) is 2.40. The molecule has 0 aromatic carbocycles. The maximum atomic E-state index is 12.0. The average molecular weight is 424 g/mol. The first-order valence-corrected chi connectivity index (χ1v) is 11.1. The summed E-state index contributed by atoms with van der Waals surface area (Å²) in [6, 6.07) is 3.28. The molecule has 0 aliphatic heterocycles. The number of aliphatic hydroxyl groups is 1. The number of nitrogens with zero attached hydrogens (tertiary/aromatic N) is 1. The van der Waals surface area contributed by atoms with Crippen LogP contribution >= 0.6 is 0 Å². The summed E-state index contributed by atoms with van der Waals surface area (Å²) in [5.74, 6) is -0.803. The number of aliphatic hydroxyl groups excluding tert-OH is 1. The molecule has 30 heavy (non-hydrogen) atoms. The minimum atomic E-state index is -0.899. The van der Waals surface area contributed by atoms with E-state index in [1.807, 2.05) is 0 Å². The molecule has 0 saturated carbocycles. The van der Waals surface area contributed by atoms with Crippen molar-refractivity contribution < 1.29 is 28.7 Å². The lowest BCUT2D eigenvalue weighted by molar-refractivity contribution is -0.705. The minimum Gasteiger partial charge on any atom is -0.463 e. The van der Waals surface area contributed by atoms with Gasteiger partial charge in [-0.2, -0.15) is 0 Å². The van der Waals surface area contributed by atoms with Gasteiger partial charge in [-0.3, -0.25) is 9.59 Å². The number of primary amides is 1. The second-order valence-corrected chi connectivity index (χ2v) is 7.76. The third-order valence-corrected chi connectivity index (χ3v) is 5.17. The van der Waals surface area contributed by atoms with Crippen molar-refractivity contribution in [3.8, 4) is 0 Å². The number of carbonyl (C=O) groups excluding carboxylic acids is 2. The molecule has 0 radical (unpaired) electrons. The van der Waals surface area contributed by atoms with Crippen LogP contribution in [0.15, 0.2) is 24.5 Å². The molecule has 7 nitrogen and oxygen atoms in total. The molecule has 0 spiro atoms. The molecule has 170 valence electrons. The molecule has 1 aromatic rings. The summed E-state index contributed by atoms with van der Waals surface area (Å²) < 4.78 is 12.2. The highest BCUT2D eigenvalue weighted by atomic mass is 16.6. The third kappa shape index (κ3) is 11.3. The van der Waals surface area contributed by atoms with Crippen molar-refractivity contribution in [1.29, 1.82) is 0 Å². The van der Waals surface area contributed by atoms with Gasteiger partial charge in [0.05, 0.1) is 0 Å². The van der Waals surface area contributed by atoms with Crippen LogP contribution in [-0.4, -0.2) is 42.9 Å². The summed E-state index contributed by atoms with van der Waals surface area (Å²) in [5.41, 5.74) is 5.63. The van der Waals surface area contributed by atoms with Crippen molar-refractivity contribution in [3.05, 3.63) is 30.1 Å². The predicted molar refractivity (Wildman–Crippen MR) is 115 cm³/mol. The van der Waals surface area contributed by atoms with Crippen molar-refractivity contribution in [1.82, 2.24) is 0 Å². The molecular formula is C23H39N2O5+. The van der Waals surface area contributed by atoms with Crippen molar-refractivity contribution in [2.75, 3.05) is 13.7 Å². The van der Waals surface area contributed by atoms with Crippen LogP contribution in [0.25, 0.3) is 0 Å². The quantitative estimate of drug-likeness (QED) is 0.228. The Hall–Kier alpha value is -1.99. The van der Waals surface area contributed by atoms with Gasteiger partial charge in [0, 0.05) is 19.6 Å². The van der Waals surface area contributed by atoms with Gasteiger partial charge < -0.3 is 20.3 Å². The minimum absolute atomic E-state index is 0.00992. The molecule has 0 bridgehead atoms. The highest BCUT2D eigenvalue weighted by Gasteiger charge is 2.24. The van der Waals surface area contributed by atoms with Crippen LogP contribution in [0.2, 0.25) is 0 Å². The average Bonchev–Trinajstić information content (AvgIpc) is 2.73. The molecule has 0 unspecified atom stereocenters. The lowest BCUT2D eigenvalue weighted by atomic mass is 10.1. The number of hydrogen-bond acceptors (Lipinski definition) is 5. The maximum Gasteiger partial charge on any atom is 0.305 e. The van der Waals surface area contributed by atoms with Gasteiger partial charge in [-0.15, -0.1) is 0 Å². The van der Waals surface area contributed by atoms with Gasteiger partial charge in [0.15, 0.2) is 18.9 Å². The highest BCUT2D eigenvalue weighted by Crippen LogP contribution is 2.11. The fourth-order valence-corrected chi connectivity index (χ4v) is 3.28. The molecule has 0 saturated heterocycles. The Balaban J connectivity index is 2.23. The Morgan fingerprint density at radius 3 is 2.33 bits per heavy atom. The number of amides is 1. The van der Waals surface area contributed by atoms with Gasteiger partial charge in [0.2, 0.25) is 0 Å². The van der Waals surface area contributed by atoms with E-state index in [-0.39, 0.29) is 19.1 Å². The van der Waals surface area contributed by atoms with Crippen LogP contribution in [0, 0.1) is 0 Å². The van der Waals surface area contributed by atoms with E-state index in [4.69, 9.17) is 15.2 Å². The lowest BCUT2D eigenvalue weighted by Gasteiger charge is -2.19. The zero-order valence-corrected chi connectivity index (χ0v) is 18.6. The molecule has 0 fully saturated rings. The predicted octanol–water partition coefficient (Wildman–Crippen LogP) is 2.91. The van der Waals surface area contributed by atoms with E-state index < -0.39 is 18.1 Å². The SMILES string of the molecule is CCCCCCCCCCCC(=O)OC[C@@H](OC)[C@@H](O)C[n+]1cccc(C(N)=O)c1. The first kappa shape index (κ1) is 26.0. The number of carbonyl (C=O) groups is 2. The molecule has 3 N–H and O–H groups in total. The molecule has 2 atom stereocenters. The largest absolute Gasteiger partial charge is 0.463 e. The Kier molecular flexibility index (Phi) is 13.7. The standard InChI is InChI=1S/C23H38N2O5/c1-3-4-5-6-7-8-9-10-11-14-22(27)30-18-21(29-2)20(26)17-25-15-12-13-19(16-25)23(24)28/h12-13,15-16,20-21,26H,3-11,14,17-18H2,1-2H3,(H-,24,28)/p+1/t20-,21+/m0/s1. The molecule has 1 amide bonds. The van der Waals surface area contributed by atoms with E-state index in [0.717, 1.165) is 19.3 Å². The van der Waals surface area contributed by atoms with Crippen LogP contribution < -0.4 is 10.3 Å². The second-order valence-electron chi connectivity index (χ2n) is 7.76. The van der Waals surface area contributed by atoms with E-state index in [9.17, 15) is 14.7 Å². The summed E-state index contributed by atoms with van der Waals surface area (Å²) in [4.78, 5) is 23.2. The van der Waals surface area contributed by atoms with Gasteiger partial charge in [-0.05, 0) is 12.5 Å². The summed E-state index contributed by atoms with van der Waals surface area (Å²) >= 11 is 0. The van der Waals surface area contributed by atoms with Crippen molar-refractivity contribution in [3.63, 3.8) is 0 Å². The molecule has 1 aromatic heterocycles. The lowest BCUT2D eigenvalue weighted by Crippen LogP contribution is -2.46. The van der Waals surface area contributed by atoms with Crippen LogP contribution in [0.1, 0.15) is 81.5 Å². The first-order valence-electron chi connectivity index (χ1n) is 11.1. The number of hydrogen-bond donors (Lipinski definition) is 2. The molecule has 7 heteroatoms. The smallest absolute Gasteiger partial charge is 0.305 e. The van der Waals surface area contributed by atoms with Crippen molar-refractivity contribution >= 4 is 11.9 Å². The number of esters is 1. The van der Waals surface area contributed by atoms with Gasteiger partial charge in [0.25, 0.3) is 5.91 Å². The van der Waals surface area contributed by atoms with E-state index in [0.29, 0.717) is 12.0 Å². The van der Waals surface area contributed by atoms with E-state index in [2.05, 4.69) is 6.92 Å². The molecule has 1 heterocycles. The number of rotatable bonds is 17. The second kappa shape index (κ2) is 15.8. The highest BCUT2D eigenvalue weighted by molar-refractivity contribution is 5.92. The van der Waals surface area contributed by atoms with Gasteiger partial charge in [-0.1, -0.05) is 58.3 Å². The van der Waals surface area contributed by atoms with Gasteiger partial charge in [-0.25, -0.2) is 4.57 Å². The van der Waals surface area contributed by atoms with Gasteiger partial charge in [0.1, 0.15) is 24.4 Å². The number of unbranched alkanes of at least 4 members (excludes halogenated alkanes) is 8. The zero-order chi connectivity index (χ0) is 22.2. The third-order valence-electron chi connectivity index (χ3n) is 5.17. The molecular weight excluding hydrogens is 384 g/mol. The van der Waals surface area contributed by atoms with Crippen LogP contribution in [0.5, 0.6) is 0 Å². The normalized spacial score (nSPS) is 13.0. The first-order chi connectivity index (χ1) is 14.5. The Labute approximate surface area is 180 Å². The van der Waals surface area contributed by atoms with Crippen LogP contribution in [0.3, 0.4) is 0 Å². The van der Waals surface area contributed by atoms with E-state index in [1.54, 1.807) is 29.1 Å². The monoisotopic (exact) mass is 423 g/mol. The fraction of sp³-hybridized carbons (Fsp3) is 0.696. The number of methoxy groups -OCH3 is 1. The summed E-state index contributed by atoms with van der Waals surface area (Å²) in [5, 5.41) is 10.4. The molecule has 0 aliphatic carbocycles. The molecule has 0 aliphatic rings. The number of nitrogens with two attached hydrogens (primary N) is 1. The number of aromatic nitrogens is 1. The zero-order valence-electron chi connectivity index (χ0n) is 18.6. The van der Waals surface area contributed by atoms with Crippen LogP contribution in [-0.2, 0) is 20.8 Å². The Morgan fingerprint density at radius 1 is 1.10 bits per heavy atom. The summed E-state index contributed by atoms with van der Waals surface area (Å²) in [7, 11) is 1.47. The Bertz CT molecular complexity index is 623. The van der Waals surface area contributed by atoms with Gasteiger partial charge >= 0.3 is 5.97 Å².